The normalized spacial score (nSPS) is 11.9. The highest BCUT2D eigenvalue weighted by Gasteiger charge is 2.18. The molecule has 1 rings (SSSR count). The number of aromatic nitrogens is 2. The summed E-state index contributed by atoms with van der Waals surface area (Å²) in [6.45, 7) is 9.09. The van der Waals surface area contributed by atoms with E-state index in [9.17, 15) is 4.79 Å². The van der Waals surface area contributed by atoms with Crippen molar-refractivity contribution < 1.29 is 4.79 Å². The molecule has 0 bridgehead atoms. The molecule has 0 fully saturated rings. The fourth-order valence-corrected chi connectivity index (χ4v) is 1.87. The third-order valence-corrected chi connectivity index (χ3v) is 3.34. The number of carbonyl (C=O) groups excluding carboxylic acids is 1. The van der Waals surface area contributed by atoms with Gasteiger partial charge in [-0.3, -0.25) is 9.89 Å². The zero-order valence-corrected chi connectivity index (χ0v) is 12.4. The van der Waals surface area contributed by atoms with E-state index >= 15 is 0 Å². The number of nitrogens with one attached hydrogen (secondary N) is 2. The molecule has 1 aromatic rings. The van der Waals surface area contributed by atoms with E-state index in [-0.39, 0.29) is 11.3 Å². The molecule has 0 atom stereocenters. The molecule has 108 valence electrons. The molecular weight excluding hydrogens is 240 g/mol. The van der Waals surface area contributed by atoms with Crippen molar-refractivity contribution in [3.8, 4) is 0 Å². The van der Waals surface area contributed by atoms with E-state index < -0.39 is 0 Å². The maximum Gasteiger partial charge on any atom is 0.225 e. The molecule has 19 heavy (non-hydrogen) atoms. The van der Waals surface area contributed by atoms with Crippen LogP contribution in [0.2, 0.25) is 0 Å². The van der Waals surface area contributed by atoms with Gasteiger partial charge in [0.1, 0.15) is 0 Å². The van der Waals surface area contributed by atoms with Crippen molar-refractivity contribution in [1.29, 1.82) is 0 Å². The number of H-pyrrole nitrogens is 1. The molecule has 1 amide bonds. The summed E-state index contributed by atoms with van der Waals surface area (Å²) < 4.78 is 0. The average Bonchev–Trinajstić information content (AvgIpc) is 2.75. The Morgan fingerprint density at radius 1 is 1.47 bits per heavy atom. The molecule has 0 aliphatic rings. The molecule has 1 aromatic heterocycles. The number of anilines is 1. The Morgan fingerprint density at radius 2 is 2.16 bits per heavy atom. The number of nitrogens with zero attached hydrogens (tertiary/aromatic N) is 1. The number of hydrogen-bond acceptors (Lipinski definition) is 3. The smallest absolute Gasteiger partial charge is 0.225 e. The second-order valence-corrected chi connectivity index (χ2v) is 6.11. The highest BCUT2D eigenvalue weighted by molar-refractivity contribution is 5.89. The lowest BCUT2D eigenvalue weighted by molar-refractivity contribution is -0.116. The van der Waals surface area contributed by atoms with Crippen LogP contribution < -0.4 is 11.1 Å². The van der Waals surface area contributed by atoms with Crippen molar-refractivity contribution in [3.05, 3.63) is 11.8 Å². The van der Waals surface area contributed by atoms with Gasteiger partial charge < -0.3 is 11.1 Å². The Hall–Kier alpha value is -1.36. The van der Waals surface area contributed by atoms with Gasteiger partial charge in [0.15, 0.2) is 5.82 Å². The minimum Gasteiger partial charge on any atom is -0.330 e. The third kappa shape index (κ3) is 5.42. The first kappa shape index (κ1) is 15.7. The standard InChI is InChI=1S/C14H26N4O/c1-10(2)11-9-12(18-17-11)16-13(19)5-6-14(3,4)7-8-15/h9-10H,5-8,15H2,1-4H3,(H2,16,17,18,19). The van der Waals surface area contributed by atoms with Gasteiger partial charge in [0.05, 0.1) is 0 Å². The summed E-state index contributed by atoms with van der Waals surface area (Å²) in [5.74, 6) is 0.985. The molecular formula is C14H26N4O. The molecule has 4 N–H and O–H groups in total. The lowest BCUT2D eigenvalue weighted by Crippen LogP contribution is -2.20. The number of nitrogens with two attached hydrogens (primary N) is 1. The predicted molar refractivity (Wildman–Crippen MR) is 78.0 cm³/mol. The maximum atomic E-state index is 11.8. The highest BCUT2D eigenvalue weighted by atomic mass is 16.1. The van der Waals surface area contributed by atoms with Gasteiger partial charge >= 0.3 is 0 Å². The molecule has 5 heteroatoms. The van der Waals surface area contributed by atoms with Gasteiger partial charge in [-0.2, -0.15) is 5.10 Å². The summed E-state index contributed by atoms with van der Waals surface area (Å²) in [6, 6.07) is 1.88. The fourth-order valence-electron chi connectivity index (χ4n) is 1.87. The summed E-state index contributed by atoms with van der Waals surface area (Å²) in [4.78, 5) is 11.8. The minimum atomic E-state index is 0.00639. The van der Waals surface area contributed by atoms with Gasteiger partial charge in [0, 0.05) is 18.2 Å². The average molecular weight is 266 g/mol. The molecule has 0 aliphatic heterocycles. The van der Waals surface area contributed by atoms with Crippen molar-refractivity contribution in [2.24, 2.45) is 11.1 Å². The van der Waals surface area contributed by atoms with Gasteiger partial charge in [-0.1, -0.05) is 27.7 Å². The second kappa shape index (κ2) is 6.70. The fraction of sp³-hybridized carbons (Fsp3) is 0.714. The van der Waals surface area contributed by atoms with E-state index in [4.69, 9.17) is 5.73 Å². The van der Waals surface area contributed by atoms with Crippen molar-refractivity contribution in [1.82, 2.24) is 10.2 Å². The Bertz CT molecular complexity index is 409. The van der Waals surface area contributed by atoms with Gasteiger partial charge in [0.2, 0.25) is 5.91 Å². The van der Waals surface area contributed by atoms with Crippen molar-refractivity contribution in [2.45, 2.75) is 52.9 Å². The molecule has 0 aliphatic carbocycles. The summed E-state index contributed by atoms with van der Waals surface area (Å²) >= 11 is 0. The van der Waals surface area contributed by atoms with Gasteiger partial charge in [-0.05, 0) is 30.7 Å². The van der Waals surface area contributed by atoms with Crippen LogP contribution in [0.5, 0.6) is 0 Å². The maximum absolute atomic E-state index is 11.8. The zero-order chi connectivity index (χ0) is 14.5. The second-order valence-electron chi connectivity index (χ2n) is 6.11. The molecule has 0 unspecified atom stereocenters. The Kier molecular flexibility index (Phi) is 5.54. The first-order valence-electron chi connectivity index (χ1n) is 6.89. The first-order chi connectivity index (χ1) is 8.84. The molecule has 0 saturated carbocycles. The van der Waals surface area contributed by atoms with Crippen molar-refractivity contribution in [2.75, 3.05) is 11.9 Å². The third-order valence-electron chi connectivity index (χ3n) is 3.34. The molecule has 0 spiro atoms. The van der Waals surface area contributed by atoms with Crippen LogP contribution in [-0.2, 0) is 4.79 Å². The summed E-state index contributed by atoms with van der Waals surface area (Å²) in [6.07, 6.45) is 2.26. The number of hydrogen-bond donors (Lipinski definition) is 3. The van der Waals surface area contributed by atoms with Crippen LogP contribution in [0.1, 0.15) is 58.6 Å². The van der Waals surface area contributed by atoms with E-state index in [1.807, 2.05) is 6.07 Å². The highest BCUT2D eigenvalue weighted by Crippen LogP contribution is 2.26. The van der Waals surface area contributed by atoms with Crippen LogP contribution in [-0.4, -0.2) is 22.6 Å². The van der Waals surface area contributed by atoms with Crippen LogP contribution in [0.25, 0.3) is 0 Å². The molecule has 1 heterocycles. The first-order valence-corrected chi connectivity index (χ1v) is 6.89. The van der Waals surface area contributed by atoms with E-state index in [2.05, 4.69) is 43.2 Å². The van der Waals surface area contributed by atoms with Crippen LogP contribution in [0.15, 0.2) is 6.07 Å². The summed E-state index contributed by atoms with van der Waals surface area (Å²) in [5, 5.41) is 9.82. The summed E-state index contributed by atoms with van der Waals surface area (Å²) in [7, 11) is 0. The largest absolute Gasteiger partial charge is 0.330 e. The number of rotatable bonds is 7. The molecule has 0 saturated heterocycles. The van der Waals surface area contributed by atoms with Crippen LogP contribution in [0, 0.1) is 5.41 Å². The summed E-state index contributed by atoms with van der Waals surface area (Å²) in [5.41, 5.74) is 6.70. The van der Waals surface area contributed by atoms with Gasteiger partial charge in [-0.15, -0.1) is 0 Å². The number of aromatic amines is 1. The van der Waals surface area contributed by atoms with E-state index in [0.29, 0.717) is 24.7 Å². The van der Waals surface area contributed by atoms with Gasteiger partial charge in [0.25, 0.3) is 0 Å². The topological polar surface area (TPSA) is 83.8 Å². The van der Waals surface area contributed by atoms with Crippen LogP contribution in [0.4, 0.5) is 5.82 Å². The zero-order valence-electron chi connectivity index (χ0n) is 12.4. The lowest BCUT2D eigenvalue weighted by Gasteiger charge is -2.23. The Morgan fingerprint density at radius 3 is 2.68 bits per heavy atom. The monoisotopic (exact) mass is 266 g/mol. The SMILES string of the molecule is CC(C)c1cc(NC(=O)CCC(C)(C)CCN)n[nH]1. The Labute approximate surface area is 115 Å². The van der Waals surface area contributed by atoms with Gasteiger partial charge in [-0.25, -0.2) is 0 Å². The van der Waals surface area contributed by atoms with Crippen molar-refractivity contribution >= 4 is 11.7 Å². The minimum absolute atomic E-state index is 0.00639. The predicted octanol–water partition coefficient (Wildman–Crippen LogP) is 2.63. The molecule has 0 radical (unpaired) electrons. The molecule has 0 aromatic carbocycles. The number of carbonyl (C=O) groups is 1. The Balaban J connectivity index is 2.42. The quantitative estimate of drug-likeness (QED) is 0.709. The van der Waals surface area contributed by atoms with E-state index in [1.165, 1.54) is 0 Å². The van der Waals surface area contributed by atoms with Crippen LogP contribution in [0.3, 0.4) is 0 Å². The molecule has 5 nitrogen and oxygen atoms in total. The lowest BCUT2D eigenvalue weighted by atomic mass is 9.84. The van der Waals surface area contributed by atoms with E-state index in [1.54, 1.807) is 0 Å². The number of amides is 1. The van der Waals surface area contributed by atoms with Crippen molar-refractivity contribution in [3.63, 3.8) is 0 Å². The van der Waals surface area contributed by atoms with E-state index in [0.717, 1.165) is 18.5 Å². The van der Waals surface area contributed by atoms with Crippen LogP contribution >= 0.6 is 0 Å².